The molecule has 0 radical (unpaired) electrons. The van der Waals surface area contributed by atoms with Gasteiger partial charge in [-0.05, 0) is 88.9 Å². The molecule has 1 unspecified atom stereocenters. The van der Waals surface area contributed by atoms with Crippen LogP contribution in [0.3, 0.4) is 0 Å². The van der Waals surface area contributed by atoms with Gasteiger partial charge in [-0.1, -0.05) is 36.8 Å². The van der Waals surface area contributed by atoms with E-state index < -0.39 is 12.3 Å². The minimum atomic E-state index is -1.27. The first-order valence-corrected chi connectivity index (χ1v) is 11.5. The van der Waals surface area contributed by atoms with E-state index in [1.54, 1.807) is 6.08 Å². The van der Waals surface area contributed by atoms with Crippen molar-refractivity contribution < 1.29 is 14.3 Å². The number of fused-ring (bicyclic) bond motifs is 1. The second-order valence-electron chi connectivity index (χ2n) is 8.89. The van der Waals surface area contributed by atoms with Gasteiger partial charge in [0.1, 0.15) is 0 Å². The second kappa shape index (κ2) is 9.23. The lowest BCUT2D eigenvalue weighted by molar-refractivity contribution is -0.131. The summed E-state index contributed by atoms with van der Waals surface area (Å²) < 4.78 is 14.5. The molecule has 1 saturated carbocycles. The number of aromatic nitrogens is 1. The van der Waals surface area contributed by atoms with Crippen LogP contribution in [-0.4, -0.2) is 16.1 Å². The zero-order valence-electron chi connectivity index (χ0n) is 18.9. The third-order valence-electron chi connectivity index (χ3n) is 6.53. The Bertz CT molecular complexity index is 1290. The molecule has 1 atom stereocenters. The van der Waals surface area contributed by atoms with E-state index in [-0.39, 0.29) is 0 Å². The Hall–Kier alpha value is -3.77. The van der Waals surface area contributed by atoms with Crippen LogP contribution in [0.5, 0.6) is 0 Å². The number of nitrogens with one attached hydrogen (secondary N) is 2. The van der Waals surface area contributed by atoms with Crippen molar-refractivity contribution >= 4 is 28.9 Å². The number of aliphatic carboxylic acids is 1. The summed E-state index contributed by atoms with van der Waals surface area (Å²) in [5.41, 5.74) is 14.1. The van der Waals surface area contributed by atoms with Gasteiger partial charge in [-0.3, -0.25) is 4.98 Å². The number of carboxylic acid groups (broad SMARTS) is 1. The molecule has 2 aromatic carbocycles. The van der Waals surface area contributed by atoms with Crippen LogP contribution in [0.4, 0.5) is 10.1 Å². The summed E-state index contributed by atoms with van der Waals surface area (Å²) in [5.74, 6) is -0.583. The quantitative estimate of drug-likeness (QED) is 0.307. The van der Waals surface area contributed by atoms with Crippen LogP contribution in [-0.2, 0) is 4.79 Å². The van der Waals surface area contributed by atoms with Gasteiger partial charge in [-0.15, -0.1) is 0 Å². The summed E-state index contributed by atoms with van der Waals surface area (Å²) >= 11 is 0. The summed E-state index contributed by atoms with van der Waals surface area (Å²) in [7, 11) is 0. The van der Waals surface area contributed by atoms with Crippen molar-refractivity contribution in [2.24, 2.45) is 5.92 Å². The first-order valence-electron chi connectivity index (χ1n) is 11.5. The predicted octanol–water partition coefficient (Wildman–Crippen LogP) is 6.15. The first-order chi connectivity index (χ1) is 16.5. The number of nitrogens with zero attached hydrogens (tertiary/aromatic N) is 1. The minimum Gasteiger partial charge on any atom is -0.478 e. The number of halogens is 1. The molecule has 3 N–H and O–H groups in total. The van der Waals surface area contributed by atoms with Crippen LogP contribution in [0.2, 0.25) is 0 Å². The summed E-state index contributed by atoms with van der Waals surface area (Å²) in [4.78, 5) is 15.4. The van der Waals surface area contributed by atoms with Gasteiger partial charge in [0.05, 0.1) is 5.69 Å². The molecule has 2 aliphatic rings. The van der Waals surface area contributed by atoms with Gasteiger partial charge in [-0.25, -0.2) is 14.6 Å². The molecule has 0 spiro atoms. The molecular weight excluding hydrogens is 429 g/mol. The zero-order valence-corrected chi connectivity index (χ0v) is 18.9. The summed E-state index contributed by atoms with van der Waals surface area (Å²) in [5, 5.41) is 8.94. The highest BCUT2D eigenvalue weighted by atomic mass is 19.1. The fourth-order valence-electron chi connectivity index (χ4n) is 4.65. The highest BCUT2D eigenvalue weighted by Gasteiger charge is 2.29. The Balaban J connectivity index is 1.71. The van der Waals surface area contributed by atoms with Gasteiger partial charge in [0.2, 0.25) is 0 Å². The van der Waals surface area contributed by atoms with Gasteiger partial charge in [0.15, 0.2) is 6.30 Å². The van der Waals surface area contributed by atoms with E-state index in [0.717, 1.165) is 58.0 Å². The number of alkyl halides is 1. The zero-order chi connectivity index (χ0) is 23.7. The van der Waals surface area contributed by atoms with Gasteiger partial charge in [0.25, 0.3) is 0 Å². The molecule has 2 heterocycles. The molecule has 1 aliphatic carbocycles. The Kier molecular flexibility index (Phi) is 5.99. The molecule has 172 valence electrons. The fraction of sp³-hybridized carbons (Fsp3) is 0.214. The van der Waals surface area contributed by atoms with Crippen molar-refractivity contribution in [3.8, 4) is 0 Å². The molecule has 1 aliphatic heterocycles. The molecule has 3 aromatic rings. The lowest BCUT2D eigenvalue weighted by atomic mass is 9.73. The van der Waals surface area contributed by atoms with E-state index in [0.29, 0.717) is 11.5 Å². The summed E-state index contributed by atoms with van der Waals surface area (Å²) in [6, 6.07) is 15.9. The second-order valence-corrected chi connectivity index (χ2v) is 8.89. The van der Waals surface area contributed by atoms with Crippen molar-refractivity contribution in [3.63, 3.8) is 0 Å². The lowest BCUT2D eigenvalue weighted by Crippen LogP contribution is -2.15. The molecule has 0 bridgehead atoms. The molecule has 1 fully saturated rings. The minimum absolute atomic E-state index is 0.399. The van der Waals surface area contributed by atoms with Crippen LogP contribution in [0.15, 0.2) is 67.0 Å². The summed E-state index contributed by atoms with van der Waals surface area (Å²) in [6.07, 6.45) is 8.60. The van der Waals surface area contributed by atoms with Crippen molar-refractivity contribution in [1.29, 1.82) is 0 Å². The van der Waals surface area contributed by atoms with E-state index in [4.69, 9.17) is 5.11 Å². The highest BCUT2D eigenvalue weighted by Crippen LogP contribution is 2.46. The lowest BCUT2D eigenvalue weighted by Gasteiger charge is -2.31. The van der Waals surface area contributed by atoms with E-state index in [1.165, 1.54) is 12.0 Å². The number of carbonyl (C=O) groups is 1. The highest BCUT2D eigenvalue weighted by molar-refractivity contribution is 6.00. The van der Waals surface area contributed by atoms with Crippen LogP contribution in [0.25, 0.3) is 17.2 Å². The van der Waals surface area contributed by atoms with E-state index in [9.17, 15) is 9.18 Å². The fourth-order valence-corrected chi connectivity index (χ4v) is 4.65. The number of rotatable bonds is 6. The van der Waals surface area contributed by atoms with Crippen LogP contribution >= 0.6 is 0 Å². The number of hydrazine groups is 1. The number of pyridine rings is 1. The molecule has 34 heavy (non-hydrogen) atoms. The van der Waals surface area contributed by atoms with Crippen molar-refractivity contribution in [1.82, 2.24) is 10.4 Å². The Morgan fingerprint density at radius 3 is 2.50 bits per heavy atom. The summed E-state index contributed by atoms with van der Waals surface area (Å²) in [6.45, 7) is 2.04. The van der Waals surface area contributed by atoms with Crippen molar-refractivity contribution in [2.75, 3.05) is 5.43 Å². The van der Waals surface area contributed by atoms with Gasteiger partial charge in [-0.2, -0.15) is 0 Å². The standard InChI is InChI=1S/C28H26FN3O2/c1-17-13-22(16-30-15-17)27(19-3-2-4-19)26(20-8-5-18(6-9-20)7-12-25(33)34)21-10-11-24-23(14-21)28(29)32-31-24/h5-16,19,28,31-32H,2-4H2,1H3,(H,33,34)/b12-7+,27-26+. The Morgan fingerprint density at radius 2 is 1.82 bits per heavy atom. The number of allylic oxidation sites excluding steroid dienone is 1. The molecule has 5 nitrogen and oxygen atoms in total. The number of carboxylic acids is 1. The maximum Gasteiger partial charge on any atom is 0.328 e. The van der Waals surface area contributed by atoms with E-state index in [1.807, 2.05) is 61.8 Å². The number of anilines is 1. The van der Waals surface area contributed by atoms with Crippen LogP contribution in [0.1, 0.15) is 58.9 Å². The van der Waals surface area contributed by atoms with Gasteiger partial charge >= 0.3 is 5.97 Å². The normalized spacial score (nSPS) is 18.2. The first kappa shape index (κ1) is 22.0. The van der Waals surface area contributed by atoms with E-state index >= 15 is 0 Å². The average molecular weight is 456 g/mol. The smallest absolute Gasteiger partial charge is 0.328 e. The van der Waals surface area contributed by atoms with E-state index in [2.05, 4.69) is 21.9 Å². The van der Waals surface area contributed by atoms with Crippen LogP contribution in [0, 0.1) is 12.8 Å². The molecular formula is C28H26FN3O2. The molecule has 6 heteroatoms. The Labute approximate surface area is 198 Å². The maximum absolute atomic E-state index is 14.5. The van der Waals surface area contributed by atoms with Gasteiger partial charge < -0.3 is 10.5 Å². The number of benzene rings is 2. The maximum atomic E-state index is 14.5. The molecule has 5 rings (SSSR count). The SMILES string of the molecule is Cc1cncc(/C(=C(\c2ccc(/C=C/C(=O)O)cc2)c2ccc3c(c2)C(F)NN3)C2CCC2)c1. The Morgan fingerprint density at radius 1 is 1.06 bits per heavy atom. The van der Waals surface area contributed by atoms with Gasteiger partial charge in [0, 0.05) is 24.0 Å². The molecule has 0 saturated heterocycles. The molecule has 0 amide bonds. The van der Waals surface area contributed by atoms with Crippen LogP contribution < -0.4 is 10.9 Å². The number of hydrogen-bond acceptors (Lipinski definition) is 4. The topological polar surface area (TPSA) is 74.2 Å². The van der Waals surface area contributed by atoms with Crippen molar-refractivity contribution in [3.05, 3.63) is 100 Å². The predicted molar refractivity (Wildman–Crippen MR) is 132 cm³/mol. The van der Waals surface area contributed by atoms with Crippen molar-refractivity contribution in [2.45, 2.75) is 32.5 Å². The molecule has 1 aromatic heterocycles. The number of aryl methyl sites for hydroxylation is 1. The largest absolute Gasteiger partial charge is 0.478 e. The number of hydrogen-bond donors (Lipinski definition) is 3. The average Bonchev–Trinajstić information content (AvgIpc) is 3.17. The third kappa shape index (κ3) is 4.37. The monoisotopic (exact) mass is 455 g/mol. The third-order valence-corrected chi connectivity index (χ3v) is 6.53.